The fourth-order valence-corrected chi connectivity index (χ4v) is 1.24. The summed E-state index contributed by atoms with van der Waals surface area (Å²) in [5.74, 6) is 0.166. The van der Waals surface area contributed by atoms with Crippen LogP contribution in [0.15, 0.2) is 42.6 Å². The van der Waals surface area contributed by atoms with Gasteiger partial charge in [-0.25, -0.2) is 0 Å². The van der Waals surface area contributed by atoms with Crippen molar-refractivity contribution in [2.24, 2.45) is 0 Å². The second-order valence-electron chi connectivity index (χ2n) is 2.75. The fraction of sp³-hybridized carbons (Fsp3) is 0.100. The Hall–Kier alpha value is -1.57. The van der Waals surface area contributed by atoms with Crippen molar-refractivity contribution in [3.63, 3.8) is 0 Å². The molecule has 1 aliphatic heterocycles. The van der Waals surface area contributed by atoms with Crippen molar-refractivity contribution < 1.29 is 4.79 Å². The largest absolute Gasteiger partial charge is 0.340 e. The first-order chi connectivity index (χ1) is 5.86. The molecule has 0 fully saturated rings. The maximum Gasteiger partial charge on any atom is 0.176 e. The number of anilines is 1. The van der Waals surface area contributed by atoms with Gasteiger partial charge in [0.2, 0.25) is 0 Å². The van der Waals surface area contributed by atoms with E-state index in [0.717, 1.165) is 5.69 Å². The van der Waals surface area contributed by atoms with E-state index < -0.39 is 0 Å². The number of carbonyl (C=O) groups is 1. The number of rotatable bonds is 1. The lowest BCUT2D eigenvalue weighted by Gasteiger charge is -2.13. The molecule has 12 heavy (non-hydrogen) atoms. The van der Waals surface area contributed by atoms with Crippen LogP contribution >= 0.6 is 0 Å². The molecular weight excluding hydrogens is 150 g/mol. The van der Waals surface area contributed by atoms with E-state index in [1.807, 2.05) is 41.4 Å². The maximum absolute atomic E-state index is 10.9. The lowest BCUT2D eigenvalue weighted by molar-refractivity contribution is -0.112. The van der Waals surface area contributed by atoms with E-state index in [9.17, 15) is 4.79 Å². The highest BCUT2D eigenvalue weighted by Gasteiger charge is 2.12. The fourth-order valence-electron chi connectivity index (χ4n) is 1.24. The van der Waals surface area contributed by atoms with Crippen LogP contribution in [-0.2, 0) is 4.79 Å². The number of ketones is 1. The molecule has 2 heteroatoms. The van der Waals surface area contributed by atoms with E-state index in [4.69, 9.17) is 0 Å². The monoisotopic (exact) mass is 159 g/mol. The summed E-state index contributed by atoms with van der Waals surface area (Å²) < 4.78 is 0. The standard InChI is InChI=1S/C10H9NO/c12-10-6-7-11(8-10)9-4-2-1-3-5-9/h1-7H,8H2. The van der Waals surface area contributed by atoms with Crippen molar-refractivity contribution in [3.8, 4) is 0 Å². The predicted octanol–water partition coefficient (Wildman–Crippen LogP) is 1.59. The van der Waals surface area contributed by atoms with Crippen molar-refractivity contribution in [2.45, 2.75) is 0 Å². The highest BCUT2D eigenvalue weighted by Crippen LogP contribution is 2.15. The van der Waals surface area contributed by atoms with E-state index in [2.05, 4.69) is 0 Å². The van der Waals surface area contributed by atoms with E-state index >= 15 is 0 Å². The first-order valence-electron chi connectivity index (χ1n) is 3.89. The zero-order valence-corrected chi connectivity index (χ0v) is 6.60. The molecule has 0 radical (unpaired) electrons. The van der Waals surface area contributed by atoms with Gasteiger partial charge in [0.25, 0.3) is 0 Å². The Balaban J connectivity index is 2.23. The van der Waals surface area contributed by atoms with Gasteiger partial charge in [-0.15, -0.1) is 0 Å². The number of benzene rings is 1. The van der Waals surface area contributed by atoms with Crippen LogP contribution in [0.2, 0.25) is 0 Å². The summed E-state index contributed by atoms with van der Waals surface area (Å²) in [4.78, 5) is 12.8. The molecule has 0 amide bonds. The summed E-state index contributed by atoms with van der Waals surface area (Å²) in [6.45, 7) is 0.476. The van der Waals surface area contributed by atoms with Crippen molar-refractivity contribution in [1.29, 1.82) is 0 Å². The van der Waals surface area contributed by atoms with E-state index in [0.29, 0.717) is 6.54 Å². The highest BCUT2D eigenvalue weighted by molar-refractivity contribution is 5.97. The number of nitrogens with zero attached hydrogens (tertiary/aromatic N) is 1. The third kappa shape index (κ3) is 1.23. The van der Waals surface area contributed by atoms with Crippen LogP contribution in [0.5, 0.6) is 0 Å². The molecule has 2 nitrogen and oxygen atoms in total. The molecule has 0 atom stereocenters. The van der Waals surface area contributed by atoms with Gasteiger partial charge in [-0.1, -0.05) is 18.2 Å². The molecule has 0 spiro atoms. The van der Waals surface area contributed by atoms with Crippen LogP contribution in [0.25, 0.3) is 0 Å². The van der Waals surface area contributed by atoms with E-state index in [-0.39, 0.29) is 5.78 Å². The van der Waals surface area contributed by atoms with E-state index in [1.165, 1.54) is 0 Å². The van der Waals surface area contributed by atoms with Gasteiger partial charge in [0.1, 0.15) is 0 Å². The quantitative estimate of drug-likeness (QED) is 0.620. The summed E-state index contributed by atoms with van der Waals surface area (Å²) in [6.07, 6.45) is 3.42. The minimum Gasteiger partial charge on any atom is -0.340 e. The third-order valence-corrected chi connectivity index (χ3v) is 1.85. The summed E-state index contributed by atoms with van der Waals surface area (Å²) in [5.41, 5.74) is 1.07. The molecule has 2 rings (SSSR count). The molecular formula is C10H9NO. The SMILES string of the molecule is O=C1C=CN(c2ccccc2)C1. The van der Waals surface area contributed by atoms with Crippen LogP contribution < -0.4 is 4.90 Å². The molecule has 0 bridgehead atoms. The maximum atomic E-state index is 10.9. The average Bonchev–Trinajstić information content (AvgIpc) is 2.54. The van der Waals surface area contributed by atoms with Gasteiger partial charge in [-0.3, -0.25) is 4.79 Å². The Morgan fingerprint density at radius 1 is 1.17 bits per heavy atom. The Labute approximate surface area is 71.1 Å². The highest BCUT2D eigenvalue weighted by atomic mass is 16.1. The van der Waals surface area contributed by atoms with Gasteiger partial charge in [-0.05, 0) is 18.2 Å². The van der Waals surface area contributed by atoms with Crippen molar-refractivity contribution in [1.82, 2.24) is 0 Å². The van der Waals surface area contributed by atoms with Gasteiger partial charge >= 0.3 is 0 Å². The summed E-state index contributed by atoms with van der Waals surface area (Å²) >= 11 is 0. The Kier molecular flexibility index (Phi) is 1.67. The lowest BCUT2D eigenvalue weighted by Crippen LogP contribution is -2.16. The zero-order valence-electron chi connectivity index (χ0n) is 6.60. The first-order valence-corrected chi connectivity index (χ1v) is 3.89. The minimum absolute atomic E-state index is 0.166. The normalized spacial score (nSPS) is 15.7. The molecule has 0 unspecified atom stereocenters. The van der Waals surface area contributed by atoms with Crippen molar-refractivity contribution in [2.75, 3.05) is 11.4 Å². The molecule has 1 aliphatic rings. The number of carbonyl (C=O) groups excluding carboxylic acids is 1. The second kappa shape index (κ2) is 2.81. The summed E-state index contributed by atoms with van der Waals surface area (Å²) in [7, 11) is 0. The Morgan fingerprint density at radius 2 is 1.92 bits per heavy atom. The minimum atomic E-state index is 0.166. The number of hydrogen-bond donors (Lipinski definition) is 0. The Bertz CT molecular complexity index is 316. The van der Waals surface area contributed by atoms with Gasteiger partial charge in [0, 0.05) is 11.9 Å². The Morgan fingerprint density at radius 3 is 2.50 bits per heavy atom. The first kappa shape index (κ1) is 7.10. The van der Waals surface area contributed by atoms with Gasteiger partial charge < -0.3 is 4.90 Å². The summed E-state index contributed by atoms with van der Waals surface area (Å²) in [6, 6.07) is 9.87. The lowest BCUT2D eigenvalue weighted by atomic mass is 10.3. The molecule has 0 aromatic heterocycles. The average molecular weight is 159 g/mol. The van der Waals surface area contributed by atoms with Gasteiger partial charge in [-0.2, -0.15) is 0 Å². The second-order valence-corrected chi connectivity index (χ2v) is 2.75. The molecule has 0 N–H and O–H groups in total. The number of hydrogen-bond acceptors (Lipinski definition) is 2. The van der Waals surface area contributed by atoms with Crippen LogP contribution in [0.4, 0.5) is 5.69 Å². The van der Waals surface area contributed by atoms with Crippen molar-refractivity contribution >= 4 is 11.5 Å². The number of para-hydroxylation sites is 1. The van der Waals surface area contributed by atoms with Crippen LogP contribution in [-0.4, -0.2) is 12.3 Å². The van der Waals surface area contributed by atoms with Gasteiger partial charge in [0.15, 0.2) is 5.78 Å². The van der Waals surface area contributed by atoms with Crippen molar-refractivity contribution in [3.05, 3.63) is 42.6 Å². The predicted molar refractivity (Wildman–Crippen MR) is 47.9 cm³/mol. The third-order valence-electron chi connectivity index (χ3n) is 1.85. The molecule has 0 saturated heterocycles. The van der Waals surface area contributed by atoms with Crippen LogP contribution in [0.3, 0.4) is 0 Å². The zero-order chi connectivity index (χ0) is 8.39. The molecule has 1 heterocycles. The molecule has 1 aromatic carbocycles. The molecule has 0 saturated carbocycles. The van der Waals surface area contributed by atoms with Crippen LogP contribution in [0, 0.1) is 0 Å². The molecule has 60 valence electrons. The van der Waals surface area contributed by atoms with Gasteiger partial charge in [0.05, 0.1) is 6.54 Å². The molecule has 1 aromatic rings. The smallest absolute Gasteiger partial charge is 0.176 e. The van der Waals surface area contributed by atoms with Crippen LogP contribution in [0.1, 0.15) is 0 Å². The summed E-state index contributed by atoms with van der Waals surface area (Å²) in [5, 5.41) is 0. The molecule has 0 aliphatic carbocycles. The van der Waals surface area contributed by atoms with E-state index in [1.54, 1.807) is 6.08 Å². The topological polar surface area (TPSA) is 20.3 Å².